The van der Waals surface area contributed by atoms with E-state index in [2.05, 4.69) is 10.2 Å². The van der Waals surface area contributed by atoms with Gasteiger partial charge in [0.1, 0.15) is 12.8 Å². The van der Waals surface area contributed by atoms with Gasteiger partial charge < -0.3 is 19.7 Å². The molecule has 1 saturated heterocycles. The van der Waals surface area contributed by atoms with Crippen molar-refractivity contribution in [2.75, 3.05) is 45.2 Å². The average molecular weight is 414 g/mol. The van der Waals surface area contributed by atoms with Gasteiger partial charge in [0, 0.05) is 35.9 Å². The van der Waals surface area contributed by atoms with Crippen LogP contribution in [-0.4, -0.2) is 56.0 Å². The van der Waals surface area contributed by atoms with Crippen molar-refractivity contribution in [3.8, 4) is 11.5 Å². The molecule has 2 aromatic rings. The smallest absolute Gasteiger partial charge is 0.163 e. The second-order valence-electron chi connectivity index (χ2n) is 9.03. The number of hydrogen-bond acceptors (Lipinski definition) is 5. The Balaban J connectivity index is 1.39. The van der Waals surface area contributed by atoms with Gasteiger partial charge in [-0.15, -0.1) is 0 Å². The van der Waals surface area contributed by atoms with Crippen molar-refractivity contribution in [1.82, 2.24) is 9.88 Å². The normalized spacial score (nSPS) is 19.8. The number of nitrogens with one attached hydrogen (secondary N) is 1. The summed E-state index contributed by atoms with van der Waals surface area (Å²) in [6.45, 7) is 3.48. The molecule has 6 heteroatoms. The quantitative estimate of drug-likeness (QED) is 0.662. The molecule has 1 N–H and O–H groups in total. The number of anilines is 1. The molecule has 0 amide bonds. The molecule has 30 heavy (non-hydrogen) atoms. The van der Waals surface area contributed by atoms with Crippen LogP contribution in [0.3, 0.4) is 0 Å². The number of nitrogens with zero attached hydrogens (tertiary/aromatic N) is 2. The summed E-state index contributed by atoms with van der Waals surface area (Å²) >= 11 is 0. The van der Waals surface area contributed by atoms with Crippen LogP contribution in [0.25, 0.3) is 10.9 Å². The number of benzene rings is 1. The fourth-order valence-corrected chi connectivity index (χ4v) is 4.79. The Hall–Kier alpha value is -2.08. The monoisotopic (exact) mass is 413 g/mol. The van der Waals surface area contributed by atoms with Gasteiger partial charge in [-0.1, -0.05) is 0 Å². The van der Waals surface area contributed by atoms with E-state index >= 15 is 0 Å². The molecule has 2 heterocycles. The highest BCUT2D eigenvalue weighted by Crippen LogP contribution is 2.40. The minimum atomic E-state index is -1.01. The van der Waals surface area contributed by atoms with E-state index in [1.165, 1.54) is 42.6 Å². The van der Waals surface area contributed by atoms with Gasteiger partial charge in [-0.25, -0.2) is 4.39 Å². The lowest BCUT2D eigenvalue weighted by atomic mass is 10.1. The van der Waals surface area contributed by atoms with Gasteiger partial charge >= 0.3 is 0 Å². The molecule has 5 rings (SSSR count). The number of methoxy groups -OCH3 is 1. The first-order valence-corrected chi connectivity index (χ1v) is 11.5. The summed E-state index contributed by atoms with van der Waals surface area (Å²) in [6.07, 6.45) is 7.21. The first-order chi connectivity index (χ1) is 14.7. The molecule has 1 unspecified atom stereocenters. The first-order valence-electron chi connectivity index (χ1n) is 11.5. The summed E-state index contributed by atoms with van der Waals surface area (Å²) in [5, 5.41) is 4.79. The summed E-state index contributed by atoms with van der Waals surface area (Å²) in [7, 11) is 1.64. The maximum absolute atomic E-state index is 14.5. The Kier molecular flexibility index (Phi) is 5.68. The van der Waals surface area contributed by atoms with Crippen molar-refractivity contribution in [3.05, 3.63) is 23.4 Å². The molecule has 1 saturated carbocycles. The number of pyridine rings is 1. The van der Waals surface area contributed by atoms with E-state index in [4.69, 9.17) is 14.5 Å². The van der Waals surface area contributed by atoms with E-state index < -0.39 is 6.17 Å². The molecular formula is C24H32FN3O2. The predicted octanol–water partition coefficient (Wildman–Crippen LogP) is 4.37. The van der Waals surface area contributed by atoms with Gasteiger partial charge in [0.05, 0.1) is 12.6 Å². The van der Waals surface area contributed by atoms with Crippen LogP contribution in [-0.2, 0) is 12.8 Å². The molecule has 1 aromatic carbocycles. The van der Waals surface area contributed by atoms with Gasteiger partial charge in [0.15, 0.2) is 11.5 Å². The molecule has 0 spiro atoms. The van der Waals surface area contributed by atoms with Crippen LogP contribution in [0.4, 0.5) is 10.1 Å². The average Bonchev–Trinajstić information content (AvgIpc) is 3.21. The number of ether oxygens (including phenoxy) is 2. The highest BCUT2D eigenvalue weighted by Gasteiger charge is 2.25. The molecule has 3 aliphatic rings. The number of aromatic nitrogens is 1. The highest BCUT2D eigenvalue weighted by atomic mass is 19.1. The van der Waals surface area contributed by atoms with E-state index in [1.54, 1.807) is 7.11 Å². The van der Waals surface area contributed by atoms with E-state index in [0.717, 1.165) is 55.7 Å². The van der Waals surface area contributed by atoms with Gasteiger partial charge in [0.2, 0.25) is 0 Å². The topological polar surface area (TPSA) is 46.6 Å². The van der Waals surface area contributed by atoms with Gasteiger partial charge in [-0.05, 0) is 75.6 Å². The first kappa shape index (κ1) is 19.9. The van der Waals surface area contributed by atoms with Crippen molar-refractivity contribution in [3.63, 3.8) is 0 Å². The Morgan fingerprint density at radius 2 is 2.00 bits per heavy atom. The largest absolute Gasteiger partial charge is 0.493 e. The standard InChI is InChI=1S/C24H32FN3O2/c1-29-22-11-19-21(12-23(22)30-15-17(25)14-28-9-2-3-10-28)27-20-6-4-5-18(20)24(19)26-13-16-7-8-16/h11-12,16-17H,2-10,13-15H2,1H3,(H,26,27). The zero-order valence-corrected chi connectivity index (χ0v) is 17.9. The molecule has 162 valence electrons. The molecule has 1 aliphatic heterocycles. The third-order valence-corrected chi connectivity index (χ3v) is 6.64. The Morgan fingerprint density at radius 3 is 2.77 bits per heavy atom. The van der Waals surface area contributed by atoms with Crippen molar-refractivity contribution >= 4 is 16.6 Å². The number of likely N-dealkylation sites (tertiary alicyclic amines) is 1. The van der Waals surface area contributed by atoms with Crippen molar-refractivity contribution in [2.24, 2.45) is 5.92 Å². The highest BCUT2D eigenvalue weighted by molar-refractivity contribution is 5.96. The Morgan fingerprint density at radius 1 is 1.17 bits per heavy atom. The number of fused-ring (bicyclic) bond motifs is 2. The zero-order chi connectivity index (χ0) is 20.5. The van der Waals surface area contributed by atoms with Crippen molar-refractivity contribution < 1.29 is 13.9 Å². The van der Waals surface area contributed by atoms with Crippen LogP contribution in [0.15, 0.2) is 12.1 Å². The molecule has 1 aromatic heterocycles. The molecule has 2 fully saturated rings. The van der Waals surface area contributed by atoms with Gasteiger partial charge in [0.25, 0.3) is 0 Å². The second kappa shape index (κ2) is 8.58. The molecule has 2 aliphatic carbocycles. The minimum absolute atomic E-state index is 0.0378. The van der Waals surface area contributed by atoms with E-state index in [-0.39, 0.29) is 6.61 Å². The van der Waals surface area contributed by atoms with Crippen LogP contribution in [0, 0.1) is 5.92 Å². The van der Waals surface area contributed by atoms with Crippen molar-refractivity contribution in [1.29, 1.82) is 0 Å². The number of halogens is 1. The third kappa shape index (κ3) is 4.20. The fraction of sp³-hybridized carbons (Fsp3) is 0.625. The second-order valence-corrected chi connectivity index (χ2v) is 9.03. The minimum Gasteiger partial charge on any atom is -0.493 e. The van der Waals surface area contributed by atoms with E-state index in [0.29, 0.717) is 18.0 Å². The number of rotatable bonds is 9. The van der Waals surface area contributed by atoms with E-state index in [9.17, 15) is 4.39 Å². The van der Waals surface area contributed by atoms with Crippen molar-refractivity contribution in [2.45, 2.75) is 51.1 Å². The van der Waals surface area contributed by atoms with Gasteiger partial charge in [-0.2, -0.15) is 0 Å². The fourth-order valence-electron chi connectivity index (χ4n) is 4.79. The Labute approximate surface area is 177 Å². The Bertz CT molecular complexity index is 909. The summed E-state index contributed by atoms with van der Waals surface area (Å²) in [5.41, 5.74) is 4.66. The van der Waals surface area contributed by atoms with Crippen LogP contribution in [0.5, 0.6) is 11.5 Å². The van der Waals surface area contributed by atoms with Gasteiger partial charge in [-0.3, -0.25) is 4.98 Å². The third-order valence-electron chi connectivity index (χ3n) is 6.64. The molecule has 1 atom stereocenters. The van der Waals surface area contributed by atoms with Crippen LogP contribution in [0.2, 0.25) is 0 Å². The number of aryl methyl sites for hydroxylation is 1. The lowest BCUT2D eigenvalue weighted by Gasteiger charge is -2.20. The molecule has 5 nitrogen and oxygen atoms in total. The number of hydrogen-bond donors (Lipinski definition) is 1. The summed E-state index contributed by atoms with van der Waals surface area (Å²) in [4.78, 5) is 7.10. The lowest BCUT2D eigenvalue weighted by molar-refractivity contribution is 0.148. The van der Waals surface area contributed by atoms with Crippen LogP contribution in [0.1, 0.15) is 43.4 Å². The molecular weight excluding hydrogens is 381 g/mol. The van der Waals surface area contributed by atoms with Crippen LogP contribution >= 0.6 is 0 Å². The van der Waals surface area contributed by atoms with Crippen LogP contribution < -0.4 is 14.8 Å². The maximum atomic E-state index is 14.5. The molecule has 0 bridgehead atoms. The van der Waals surface area contributed by atoms with E-state index in [1.807, 2.05) is 12.1 Å². The SMILES string of the molecule is COc1cc2c(NCC3CC3)c3c(nc2cc1OCC(F)CN1CCCC1)CCC3. The molecule has 0 radical (unpaired) electrons. The summed E-state index contributed by atoms with van der Waals surface area (Å²) in [5.74, 6) is 2.02. The summed E-state index contributed by atoms with van der Waals surface area (Å²) < 4.78 is 26.0. The lowest BCUT2D eigenvalue weighted by Crippen LogP contribution is -2.31. The maximum Gasteiger partial charge on any atom is 0.163 e. The number of alkyl halides is 1. The zero-order valence-electron chi connectivity index (χ0n) is 17.9. The summed E-state index contributed by atoms with van der Waals surface area (Å²) in [6, 6.07) is 3.94. The predicted molar refractivity (Wildman–Crippen MR) is 118 cm³/mol.